The molecule has 0 aliphatic rings. The van der Waals surface area contributed by atoms with Crippen molar-refractivity contribution >= 4 is 17.5 Å². The Morgan fingerprint density at radius 1 is 1.28 bits per heavy atom. The van der Waals surface area contributed by atoms with Gasteiger partial charge in [0.1, 0.15) is 0 Å². The van der Waals surface area contributed by atoms with E-state index in [9.17, 15) is 9.59 Å². The first-order valence-electron chi connectivity index (χ1n) is 5.95. The molecule has 2 amide bonds. The van der Waals surface area contributed by atoms with Crippen molar-refractivity contribution in [2.75, 3.05) is 11.9 Å². The first kappa shape index (κ1) is 14.2. The van der Waals surface area contributed by atoms with Crippen LogP contribution in [0.3, 0.4) is 0 Å². The van der Waals surface area contributed by atoms with Crippen LogP contribution in [0.1, 0.15) is 19.4 Å². The first-order chi connectivity index (χ1) is 8.52. The number of carbonyl (C=O) groups excluding carboxylic acids is 2. The van der Waals surface area contributed by atoms with E-state index in [0.717, 1.165) is 5.56 Å². The molecule has 1 rings (SSSR count). The Bertz CT molecular complexity index is 413. The summed E-state index contributed by atoms with van der Waals surface area (Å²) in [6.07, 6.45) is 0.343. The SMILES string of the molecule is CCNC(=O)Cc1ccc(NC(=O)[C@H](C)N)cc1. The second-order valence-electron chi connectivity index (χ2n) is 4.11. The molecule has 1 aromatic carbocycles. The summed E-state index contributed by atoms with van der Waals surface area (Å²) >= 11 is 0. The van der Waals surface area contributed by atoms with Crippen LogP contribution in [0.15, 0.2) is 24.3 Å². The summed E-state index contributed by atoms with van der Waals surface area (Å²) in [6.45, 7) is 4.13. The number of hydrogen-bond acceptors (Lipinski definition) is 3. The van der Waals surface area contributed by atoms with E-state index in [1.54, 1.807) is 19.1 Å². The maximum absolute atomic E-state index is 11.4. The van der Waals surface area contributed by atoms with E-state index in [4.69, 9.17) is 5.73 Å². The van der Waals surface area contributed by atoms with Gasteiger partial charge in [-0.1, -0.05) is 12.1 Å². The third-order valence-electron chi connectivity index (χ3n) is 2.37. The van der Waals surface area contributed by atoms with E-state index < -0.39 is 6.04 Å². The summed E-state index contributed by atoms with van der Waals surface area (Å²) < 4.78 is 0. The smallest absolute Gasteiger partial charge is 0.240 e. The Morgan fingerprint density at radius 3 is 2.39 bits per heavy atom. The largest absolute Gasteiger partial charge is 0.356 e. The van der Waals surface area contributed by atoms with Crippen LogP contribution in [0.25, 0.3) is 0 Å². The lowest BCUT2D eigenvalue weighted by Gasteiger charge is -2.08. The highest BCUT2D eigenvalue weighted by molar-refractivity contribution is 5.94. The highest BCUT2D eigenvalue weighted by atomic mass is 16.2. The van der Waals surface area contributed by atoms with Crippen LogP contribution in [0, 0.1) is 0 Å². The van der Waals surface area contributed by atoms with Crippen molar-refractivity contribution in [3.8, 4) is 0 Å². The van der Waals surface area contributed by atoms with E-state index in [-0.39, 0.29) is 11.8 Å². The molecule has 0 fully saturated rings. The normalized spacial score (nSPS) is 11.7. The summed E-state index contributed by atoms with van der Waals surface area (Å²) in [5.41, 5.74) is 7.03. The van der Waals surface area contributed by atoms with Crippen molar-refractivity contribution < 1.29 is 9.59 Å². The van der Waals surface area contributed by atoms with Crippen LogP contribution in [-0.4, -0.2) is 24.4 Å². The van der Waals surface area contributed by atoms with E-state index in [1.807, 2.05) is 19.1 Å². The number of benzene rings is 1. The minimum absolute atomic E-state index is 0.00938. The second-order valence-corrected chi connectivity index (χ2v) is 4.11. The van der Waals surface area contributed by atoms with Crippen molar-refractivity contribution in [1.29, 1.82) is 0 Å². The lowest BCUT2D eigenvalue weighted by Crippen LogP contribution is -2.32. The molecule has 5 heteroatoms. The van der Waals surface area contributed by atoms with Gasteiger partial charge in [0.25, 0.3) is 0 Å². The number of anilines is 1. The molecule has 0 aromatic heterocycles. The molecule has 0 aliphatic heterocycles. The first-order valence-corrected chi connectivity index (χ1v) is 5.95. The number of amides is 2. The average Bonchev–Trinajstić information content (AvgIpc) is 2.31. The van der Waals surface area contributed by atoms with E-state index in [2.05, 4.69) is 10.6 Å². The fourth-order valence-corrected chi connectivity index (χ4v) is 1.41. The van der Waals surface area contributed by atoms with Gasteiger partial charge in [-0.15, -0.1) is 0 Å². The van der Waals surface area contributed by atoms with Gasteiger partial charge < -0.3 is 16.4 Å². The summed E-state index contributed by atoms with van der Waals surface area (Å²) in [5.74, 6) is -0.239. The van der Waals surface area contributed by atoms with Crippen molar-refractivity contribution in [2.24, 2.45) is 5.73 Å². The molecule has 0 saturated heterocycles. The molecule has 18 heavy (non-hydrogen) atoms. The zero-order valence-corrected chi connectivity index (χ0v) is 10.7. The highest BCUT2D eigenvalue weighted by Gasteiger charge is 2.07. The van der Waals surface area contributed by atoms with E-state index in [1.165, 1.54) is 0 Å². The molecule has 98 valence electrons. The topological polar surface area (TPSA) is 84.2 Å². The molecule has 0 bridgehead atoms. The van der Waals surface area contributed by atoms with Gasteiger partial charge in [0, 0.05) is 12.2 Å². The summed E-state index contributed by atoms with van der Waals surface area (Å²) in [6, 6.07) is 6.60. The Hall–Kier alpha value is -1.88. The quantitative estimate of drug-likeness (QED) is 0.716. The molecule has 1 atom stereocenters. The van der Waals surface area contributed by atoms with Crippen molar-refractivity contribution in [2.45, 2.75) is 26.3 Å². The van der Waals surface area contributed by atoms with Gasteiger partial charge >= 0.3 is 0 Å². The van der Waals surface area contributed by atoms with Gasteiger partial charge in [0.2, 0.25) is 11.8 Å². The van der Waals surface area contributed by atoms with Crippen LogP contribution in [0.4, 0.5) is 5.69 Å². The number of nitrogens with two attached hydrogens (primary N) is 1. The Morgan fingerprint density at radius 2 is 1.89 bits per heavy atom. The molecular formula is C13H19N3O2. The molecular weight excluding hydrogens is 230 g/mol. The van der Waals surface area contributed by atoms with Crippen LogP contribution in [0.5, 0.6) is 0 Å². The van der Waals surface area contributed by atoms with Crippen molar-refractivity contribution in [3.63, 3.8) is 0 Å². The highest BCUT2D eigenvalue weighted by Crippen LogP contribution is 2.10. The van der Waals surface area contributed by atoms with Crippen LogP contribution in [-0.2, 0) is 16.0 Å². The molecule has 0 heterocycles. The predicted molar refractivity (Wildman–Crippen MR) is 71.1 cm³/mol. The van der Waals surface area contributed by atoms with Crippen LogP contribution >= 0.6 is 0 Å². The number of rotatable bonds is 5. The minimum atomic E-state index is -0.542. The second kappa shape index (κ2) is 6.76. The fraction of sp³-hybridized carbons (Fsp3) is 0.385. The minimum Gasteiger partial charge on any atom is -0.356 e. The standard InChI is InChI=1S/C13H19N3O2/c1-3-15-12(17)8-10-4-6-11(7-5-10)16-13(18)9(2)14/h4-7,9H,3,8,14H2,1-2H3,(H,15,17)(H,16,18)/t9-/m0/s1. The maximum Gasteiger partial charge on any atom is 0.240 e. The Labute approximate surface area is 107 Å². The van der Waals surface area contributed by atoms with Crippen molar-refractivity contribution in [1.82, 2.24) is 5.32 Å². The predicted octanol–water partition coefficient (Wildman–Crippen LogP) is 0.651. The summed E-state index contributed by atoms with van der Waals surface area (Å²) in [4.78, 5) is 22.7. The summed E-state index contributed by atoms with van der Waals surface area (Å²) in [7, 11) is 0. The maximum atomic E-state index is 11.4. The fourth-order valence-electron chi connectivity index (χ4n) is 1.41. The molecule has 0 spiro atoms. The van der Waals surface area contributed by atoms with E-state index in [0.29, 0.717) is 18.7 Å². The van der Waals surface area contributed by atoms with Crippen LogP contribution in [0.2, 0.25) is 0 Å². The lowest BCUT2D eigenvalue weighted by molar-refractivity contribution is -0.120. The van der Waals surface area contributed by atoms with Gasteiger partial charge in [0.05, 0.1) is 12.5 Å². The third kappa shape index (κ3) is 4.55. The number of nitrogens with one attached hydrogen (secondary N) is 2. The zero-order valence-electron chi connectivity index (χ0n) is 10.7. The van der Waals surface area contributed by atoms with E-state index >= 15 is 0 Å². The molecule has 0 unspecified atom stereocenters. The monoisotopic (exact) mass is 249 g/mol. The molecule has 1 aromatic rings. The Kier molecular flexibility index (Phi) is 5.32. The van der Waals surface area contributed by atoms with Gasteiger partial charge in [0.15, 0.2) is 0 Å². The van der Waals surface area contributed by atoms with Gasteiger partial charge in [-0.3, -0.25) is 9.59 Å². The number of carbonyl (C=O) groups is 2. The molecule has 0 radical (unpaired) electrons. The number of likely N-dealkylation sites (N-methyl/N-ethyl adjacent to an activating group) is 1. The lowest BCUT2D eigenvalue weighted by atomic mass is 10.1. The van der Waals surface area contributed by atoms with Gasteiger partial charge in [-0.05, 0) is 31.5 Å². The summed E-state index contributed by atoms with van der Waals surface area (Å²) in [5, 5.41) is 5.41. The van der Waals surface area contributed by atoms with Gasteiger partial charge in [-0.2, -0.15) is 0 Å². The van der Waals surface area contributed by atoms with Gasteiger partial charge in [-0.25, -0.2) is 0 Å². The number of hydrogen-bond donors (Lipinski definition) is 3. The molecule has 0 aliphatic carbocycles. The molecule has 5 nitrogen and oxygen atoms in total. The average molecular weight is 249 g/mol. The molecule has 4 N–H and O–H groups in total. The van der Waals surface area contributed by atoms with Crippen LogP contribution < -0.4 is 16.4 Å². The molecule has 0 saturated carbocycles. The zero-order chi connectivity index (χ0) is 13.5. The third-order valence-corrected chi connectivity index (χ3v) is 2.37. The Balaban J connectivity index is 2.57. The van der Waals surface area contributed by atoms with Crippen molar-refractivity contribution in [3.05, 3.63) is 29.8 Å².